The van der Waals surface area contributed by atoms with E-state index in [9.17, 15) is 19.7 Å². The van der Waals surface area contributed by atoms with Crippen LogP contribution in [0.4, 0.5) is 0 Å². The predicted octanol–water partition coefficient (Wildman–Crippen LogP) is 0.166. The molecule has 0 spiro atoms. The Balaban J connectivity index is 3.21. The Labute approximate surface area is 102 Å². The number of hydrogen-bond acceptors (Lipinski definition) is 7. The van der Waals surface area contributed by atoms with Crippen LogP contribution >= 0.6 is 0 Å². The molecule has 0 aromatic heterocycles. The minimum atomic E-state index is -0.870. The van der Waals surface area contributed by atoms with Crippen LogP contribution in [0.25, 0.3) is 0 Å². The molecule has 0 radical (unpaired) electrons. The molecule has 0 fully saturated rings. The van der Waals surface area contributed by atoms with Crippen LogP contribution in [0.2, 0.25) is 0 Å². The monoisotopic (exact) mass is 257 g/mol. The molecule has 1 aliphatic rings. The molecule has 0 bridgehead atoms. The molecule has 18 heavy (non-hydrogen) atoms. The highest BCUT2D eigenvalue weighted by Crippen LogP contribution is 2.27. The summed E-state index contributed by atoms with van der Waals surface area (Å²) < 4.78 is 14.0. The Morgan fingerprint density at radius 3 is 2.67 bits per heavy atom. The van der Waals surface area contributed by atoms with Crippen LogP contribution in [0, 0.1) is 10.1 Å². The summed E-state index contributed by atoms with van der Waals surface area (Å²) in [6.07, 6.45) is 0.0102. The van der Waals surface area contributed by atoms with Crippen molar-refractivity contribution >= 4 is 12.4 Å². The van der Waals surface area contributed by atoms with Crippen molar-refractivity contribution < 1.29 is 28.7 Å². The highest BCUT2D eigenvalue weighted by molar-refractivity contribution is 5.90. The van der Waals surface area contributed by atoms with Crippen molar-refractivity contribution in [2.75, 3.05) is 14.2 Å². The Kier molecular flexibility index (Phi) is 4.41. The zero-order chi connectivity index (χ0) is 13.7. The molecular formula is C10H11NO7. The van der Waals surface area contributed by atoms with Gasteiger partial charge in [-0.05, 0) is 0 Å². The third kappa shape index (κ3) is 2.65. The molecular weight excluding hydrogens is 246 g/mol. The normalized spacial score (nSPS) is 18.8. The van der Waals surface area contributed by atoms with Gasteiger partial charge < -0.3 is 14.2 Å². The molecule has 98 valence electrons. The molecule has 0 aromatic carbocycles. The second kappa shape index (κ2) is 5.80. The molecule has 1 aliphatic carbocycles. The van der Waals surface area contributed by atoms with Crippen LogP contribution in [0.15, 0.2) is 23.1 Å². The van der Waals surface area contributed by atoms with E-state index in [2.05, 4.69) is 4.74 Å². The zero-order valence-electron chi connectivity index (χ0n) is 9.74. The molecule has 1 rings (SSSR count). The topological polar surface area (TPSA) is 105 Å². The van der Waals surface area contributed by atoms with Gasteiger partial charge in [0.1, 0.15) is 11.3 Å². The number of carbonyl (C=O) groups excluding carboxylic acids is 2. The van der Waals surface area contributed by atoms with E-state index in [4.69, 9.17) is 9.47 Å². The molecule has 1 unspecified atom stereocenters. The van der Waals surface area contributed by atoms with Crippen LogP contribution in [0.5, 0.6) is 0 Å². The number of nitro groups is 1. The first-order valence-corrected chi connectivity index (χ1v) is 4.85. The number of methoxy groups -OCH3 is 2. The predicted molar refractivity (Wildman–Crippen MR) is 56.7 cm³/mol. The Bertz CT molecular complexity index is 438. The van der Waals surface area contributed by atoms with Crippen molar-refractivity contribution in [2.45, 2.75) is 12.5 Å². The standard InChI is InChI=1S/C10H11NO7/c1-16-8-4-7(11(14)15)6(10(13)17-2)3-9(8)18-5-12/h4-5,9H,3H2,1-2H3. The maximum atomic E-state index is 11.4. The van der Waals surface area contributed by atoms with Gasteiger partial charge in [-0.3, -0.25) is 14.9 Å². The molecule has 1 atom stereocenters. The summed E-state index contributed by atoms with van der Waals surface area (Å²) in [4.78, 5) is 31.9. The Morgan fingerprint density at radius 2 is 2.22 bits per heavy atom. The van der Waals surface area contributed by atoms with Gasteiger partial charge in [-0.25, -0.2) is 4.79 Å². The lowest BCUT2D eigenvalue weighted by molar-refractivity contribution is -0.420. The SMILES string of the molecule is COC(=O)C1=C([N+](=O)[O-])C=C(OC)C(OC=O)C1. The van der Waals surface area contributed by atoms with E-state index in [-0.39, 0.29) is 24.2 Å². The lowest BCUT2D eigenvalue weighted by atomic mass is 9.98. The molecule has 0 heterocycles. The van der Waals surface area contributed by atoms with E-state index >= 15 is 0 Å². The first-order chi connectivity index (χ1) is 8.54. The fourth-order valence-electron chi connectivity index (χ4n) is 1.55. The Hall–Kier alpha value is -2.38. The summed E-state index contributed by atoms with van der Waals surface area (Å²) in [5, 5.41) is 10.8. The summed E-state index contributed by atoms with van der Waals surface area (Å²) >= 11 is 0. The zero-order valence-corrected chi connectivity index (χ0v) is 9.74. The maximum absolute atomic E-state index is 11.4. The van der Waals surface area contributed by atoms with Crippen molar-refractivity contribution in [1.82, 2.24) is 0 Å². The van der Waals surface area contributed by atoms with Gasteiger partial charge in [-0.2, -0.15) is 0 Å². The van der Waals surface area contributed by atoms with Crippen molar-refractivity contribution in [3.63, 3.8) is 0 Å². The highest BCUT2D eigenvalue weighted by Gasteiger charge is 2.35. The van der Waals surface area contributed by atoms with Crippen LogP contribution in [0.1, 0.15) is 6.42 Å². The molecule has 8 nitrogen and oxygen atoms in total. The van der Waals surface area contributed by atoms with Gasteiger partial charge in [0.15, 0.2) is 6.10 Å². The van der Waals surface area contributed by atoms with Crippen LogP contribution in [-0.4, -0.2) is 37.7 Å². The second-order valence-corrected chi connectivity index (χ2v) is 3.29. The van der Waals surface area contributed by atoms with Gasteiger partial charge in [-0.1, -0.05) is 0 Å². The average Bonchev–Trinajstić information content (AvgIpc) is 2.37. The molecule has 0 saturated carbocycles. The first-order valence-electron chi connectivity index (χ1n) is 4.85. The highest BCUT2D eigenvalue weighted by atomic mass is 16.6. The van der Waals surface area contributed by atoms with E-state index in [0.717, 1.165) is 13.2 Å². The molecule has 0 saturated heterocycles. The van der Waals surface area contributed by atoms with Gasteiger partial charge >= 0.3 is 5.97 Å². The number of hydrogen-bond donors (Lipinski definition) is 0. The lowest BCUT2D eigenvalue weighted by Crippen LogP contribution is -2.26. The number of esters is 1. The minimum Gasteiger partial charge on any atom is -0.497 e. The second-order valence-electron chi connectivity index (χ2n) is 3.29. The van der Waals surface area contributed by atoms with E-state index in [1.807, 2.05) is 0 Å². The average molecular weight is 257 g/mol. The van der Waals surface area contributed by atoms with Gasteiger partial charge in [0, 0.05) is 6.42 Å². The lowest BCUT2D eigenvalue weighted by Gasteiger charge is -2.21. The summed E-state index contributed by atoms with van der Waals surface area (Å²) in [6.45, 7) is 0.184. The number of rotatable bonds is 5. The summed E-state index contributed by atoms with van der Waals surface area (Å²) in [5.41, 5.74) is -0.598. The third-order valence-electron chi connectivity index (χ3n) is 2.38. The third-order valence-corrected chi connectivity index (χ3v) is 2.38. The fraction of sp³-hybridized carbons (Fsp3) is 0.400. The van der Waals surface area contributed by atoms with Crippen LogP contribution < -0.4 is 0 Å². The summed E-state index contributed by atoms with van der Waals surface area (Å²) in [5.74, 6) is -0.742. The van der Waals surface area contributed by atoms with Gasteiger partial charge in [-0.15, -0.1) is 0 Å². The smallest absolute Gasteiger partial charge is 0.340 e. The number of nitrogens with zero attached hydrogens (tertiary/aromatic N) is 1. The fourth-order valence-corrected chi connectivity index (χ4v) is 1.55. The maximum Gasteiger partial charge on any atom is 0.340 e. The molecule has 0 aliphatic heterocycles. The Morgan fingerprint density at radius 1 is 1.56 bits per heavy atom. The number of allylic oxidation sites excluding steroid dienone is 1. The molecule has 8 heteroatoms. The quantitative estimate of drug-likeness (QED) is 0.299. The van der Waals surface area contributed by atoms with E-state index in [0.29, 0.717) is 0 Å². The molecule has 0 amide bonds. The van der Waals surface area contributed by atoms with Crippen LogP contribution in [-0.2, 0) is 23.8 Å². The van der Waals surface area contributed by atoms with E-state index in [1.54, 1.807) is 0 Å². The van der Waals surface area contributed by atoms with Gasteiger partial charge in [0.25, 0.3) is 12.2 Å². The number of ether oxygens (including phenoxy) is 3. The summed E-state index contributed by atoms with van der Waals surface area (Å²) in [7, 11) is 2.39. The van der Waals surface area contributed by atoms with Crippen molar-refractivity contribution in [2.24, 2.45) is 0 Å². The van der Waals surface area contributed by atoms with E-state index < -0.39 is 22.7 Å². The van der Waals surface area contributed by atoms with Crippen molar-refractivity contribution in [1.29, 1.82) is 0 Å². The summed E-state index contributed by atoms with van der Waals surface area (Å²) in [6, 6.07) is 0. The van der Waals surface area contributed by atoms with Gasteiger partial charge in [0.2, 0.25) is 0 Å². The van der Waals surface area contributed by atoms with Crippen molar-refractivity contribution in [3.8, 4) is 0 Å². The minimum absolute atomic E-state index is 0.0986. The largest absolute Gasteiger partial charge is 0.497 e. The molecule has 0 N–H and O–H groups in total. The van der Waals surface area contributed by atoms with Gasteiger partial charge in [0.05, 0.1) is 25.2 Å². The number of carbonyl (C=O) groups is 2. The first kappa shape index (κ1) is 13.7. The van der Waals surface area contributed by atoms with E-state index in [1.165, 1.54) is 7.11 Å². The molecule has 0 aromatic rings. The van der Waals surface area contributed by atoms with Crippen molar-refractivity contribution in [3.05, 3.63) is 33.2 Å². The van der Waals surface area contributed by atoms with Crippen LogP contribution in [0.3, 0.4) is 0 Å².